The molecule has 94 valence electrons. The van der Waals surface area contributed by atoms with Crippen molar-refractivity contribution in [3.8, 4) is 11.8 Å². The van der Waals surface area contributed by atoms with Crippen LogP contribution in [0.3, 0.4) is 0 Å². The van der Waals surface area contributed by atoms with Crippen molar-refractivity contribution in [3.63, 3.8) is 0 Å². The van der Waals surface area contributed by atoms with Gasteiger partial charge in [-0.25, -0.2) is 9.37 Å². The monoisotopic (exact) mass is 312 g/mol. The van der Waals surface area contributed by atoms with E-state index in [4.69, 9.17) is 9.84 Å². The van der Waals surface area contributed by atoms with E-state index in [1.54, 1.807) is 13.0 Å². The molecule has 0 unspecified atom stereocenters. The van der Waals surface area contributed by atoms with Gasteiger partial charge in [-0.2, -0.15) is 4.98 Å². The van der Waals surface area contributed by atoms with Crippen molar-refractivity contribution < 1.29 is 14.2 Å². The summed E-state index contributed by atoms with van der Waals surface area (Å²) in [4.78, 5) is 7.93. The SMILES string of the molecule is Cc1nc(Oc2ccc(Br)cc2F)ncc1CO. The quantitative estimate of drug-likeness (QED) is 0.946. The van der Waals surface area contributed by atoms with Crippen LogP contribution in [-0.2, 0) is 6.61 Å². The molecule has 0 saturated carbocycles. The summed E-state index contributed by atoms with van der Waals surface area (Å²) < 4.78 is 19.4. The number of aromatic nitrogens is 2. The van der Waals surface area contributed by atoms with E-state index in [-0.39, 0.29) is 18.4 Å². The Morgan fingerprint density at radius 2 is 2.22 bits per heavy atom. The van der Waals surface area contributed by atoms with Crippen LogP contribution < -0.4 is 4.74 Å². The average molecular weight is 313 g/mol. The molecule has 6 heteroatoms. The molecule has 1 heterocycles. The van der Waals surface area contributed by atoms with Crippen molar-refractivity contribution in [3.05, 3.63) is 45.9 Å². The fraction of sp³-hybridized carbons (Fsp3) is 0.167. The van der Waals surface area contributed by atoms with E-state index in [9.17, 15) is 4.39 Å². The van der Waals surface area contributed by atoms with Gasteiger partial charge in [-0.15, -0.1) is 0 Å². The van der Waals surface area contributed by atoms with Crippen LogP contribution in [-0.4, -0.2) is 15.1 Å². The molecular formula is C12H10BrFN2O2. The van der Waals surface area contributed by atoms with Crippen molar-refractivity contribution in [1.82, 2.24) is 9.97 Å². The Morgan fingerprint density at radius 1 is 1.44 bits per heavy atom. The Bertz CT molecular complexity index is 578. The maximum Gasteiger partial charge on any atom is 0.322 e. The molecule has 0 aliphatic heterocycles. The van der Waals surface area contributed by atoms with Crippen molar-refractivity contribution >= 4 is 15.9 Å². The molecule has 0 aliphatic rings. The number of aryl methyl sites for hydroxylation is 1. The first-order valence-corrected chi connectivity index (χ1v) is 5.95. The van der Waals surface area contributed by atoms with Gasteiger partial charge in [0.15, 0.2) is 11.6 Å². The van der Waals surface area contributed by atoms with Crippen molar-refractivity contribution in [1.29, 1.82) is 0 Å². The van der Waals surface area contributed by atoms with E-state index >= 15 is 0 Å². The summed E-state index contributed by atoms with van der Waals surface area (Å²) >= 11 is 3.16. The molecule has 0 aliphatic carbocycles. The van der Waals surface area contributed by atoms with Gasteiger partial charge in [-0.1, -0.05) is 15.9 Å². The standard InChI is InChI=1S/C12H10BrFN2O2/c1-7-8(6-17)5-15-12(16-7)18-11-3-2-9(13)4-10(11)14/h2-5,17H,6H2,1H3. The number of ether oxygens (including phenoxy) is 1. The van der Waals surface area contributed by atoms with Crippen LogP contribution in [0.1, 0.15) is 11.3 Å². The minimum atomic E-state index is -0.503. The Labute approximate surface area is 112 Å². The third kappa shape index (κ3) is 2.83. The number of rotatable bonds is 3. The summed E-state index contributed by atoms with van der Waals surface area (Å²) in [6.45, 7) is 1.58. The maximum atomic E-state index is 13.5. The molecule has 0 spiro atoms. The lowest BCUT2D eigenvalue weighted by Crippen LogP contribution is -1.99. The first-order valence-electron chi connectivity index (χ1n) is 5.16. The smallest absolute Gasteiger partial charge is 0.322 e. The van der Waals surface area contributed by atoms with Gasteiger partial charge >= 0.3 is 6.01 Å². The Morgan fingerprint density at radius 3 is 2.83 bits per heavy atom. The molecular weight excluding hydrogens is 303 g/mol. The molecule has 1 N–H and O–H groups in total. The number of aliphatic hydroxyl groups is 1. The van der Waals surface area contributed by atoms with E-state index in [2.05, 4.69) is 25.9 Å². The first-order chi connectivity index (χ1) is 8.60. The highest BCUT2D eigenvalue weighted by Gasteiger charge is 2.08. The van der Waals surface area contributed by atoms with Gasteiger partial charge in [0, 0.05) is 16.2 Å². The van der Waals surface area contributed by atoms with Gasteiger partial charge in [0.1, 0.15) is 0 Å². The largest absolute Gasteiger partial charge is 0.421 e. The number of benzene rings is 1. The molecule has 18 heavy (non-hydrogen) atoms. The van der Waals surface area contributed by atoms with Gasteiger partial charge in [-0.05, 0) is 25.1 Å². The fourth-order valence-electron chi connectivity index (χ4n) is 1.33. The lowest BCUT2D eigenvalue weighted by atomic mass is 10.3. The van der Waals surface area contributed by atoms with Crippen LogP contribution in [0.25, 0.3) is 0 Å². The second-order valence-electron chi connectivity index (χ2n) is 3.60. The van der Waals surface area contributed by atoms with Crippen LogP contribution in [0.5, 0.6) is 11.8 Å². The highest BCUT2D eigenvalue weighted by Crippen LogP contribution is 2.25. The van der Waals surface area contributed by atoms with E-state index in [0.29, 0.717) is 15.7 Å². The number of hydrogen-bond acceptors (Lipinski definition) is 4. The topological polar surface area (TPSA) is 55.2 Å². The van der Waals surface area contributed by atoms with Gasteiger partial charge in [0.05, 0.1) is 12.3 Å². The summed E-state index contributed by atoms with van der Waals surface area (Å²) in [7, 11) is 0. The van der Waals surface area contributed by atoms with Crippen LogP contribution in [0, 0.1) is 12.7 Å². The number of aliphatic hydroxyl groups excluding tert-OH is 1. The lowest BCUT2D eigenvalue weighted by Gasteiger charge is -2.07. The normalized spacial score (nSPS) is 10.4. The number of nitrogens with zero attached hydrogens (tertiary/aromatic N) is 2. The van der Waals surface area contributed by atoms with Gasteiger partial charge in [0.2, 0.25) is 0 Å². The van der Waals surface area contributed by atoms with E-state index in [1.807, 2.05) is 0 Å². The zero-order valence-electron chi connectivity index (χ0n) is 9.52. The molecule has 0 bridgehead atoms. The fourth-order valence-corrected chi connectivity index (χ4v) is 1.66. The minimum absolute atomic E-state index is 0.0472. The van der Waals surface area contributed by atoms with Gasteiger partial charge < -0.3 is 9.84 Å². The van der Waals surface area contributed by atoms with Crippen molar-refractivity contribution in [2.45, 2.75) is 13.5 Å². The summed E-state index contributed by atoms with van der Waals surface area (Å²) in [5, 5.41) is 8.99. The molecule has 0 saturated heterocycles. The lowest BCUT2D eigenvalue weighted by molar-refractivity contribution is 0.279. The number of hydrogen-bond donors (Lipinski definition) is 1. The molecule has 0 atom stereocenters. The summed E-state index contributed by atoms with van der Waals surface area (Å²) in [6.07, 6.45) is 1.45. The zero-order chi connectivity index (χ0) is 13.1. The van der Waals surface area contributed by atoms with Gasteiger partial charge in [0.25, 0.3) is 0 Å². The third-order valence-corrected chi connectivity index (χ3v) is 2.82. The Kier molecular flexibility index (Phi) is 3.88. The summed E-state index contributed by atoms with van der Waals surface area (Å²) in [5.41, 5.74) is 1.21. The summed E-state index contributed by atoms with van der Waals surface area (Å²) in [5.74, 6) is -0.453. The number of halogens is 2. The first kappa shape index (κ1) is 12.9. The van der Waals surface area contributed by atoms with E-state index < -0.39 is 5.82 Å². The molecule has 4 nitrogen and oxygen atoms in total. The van der Waals surface area contributed by atoms with Crippen molar-refractivity contribution in [2.24, 2.45) is 0 Å². The van der Waals surface area contributed by atoms with E-state index in [1.165, 1.54) is 18.3 Å². The average Bonchev–Trinajstić information content (AvgIpc) is 2.33. The Hall–Kier alpha value is -1.53. The highest BCUT2D eigenvalue weighted by atomic mass is 79.9. The molecule has 2 rings (SSSR count). The molecule has 0 amide bonds. The summed E-state index contributed by atoms with van der Waals surface area (Å²) in [6, 6.07) is 4.49. The van der Waals surface area contributed by atoms with E-state index in [0.717, 1.165) is 0 Å². The third-order valence-electron chi connectivity index (χ3n) is 2.32. The molecule has 1 aromatic carbocycles. The zero-order valence-corrected chi connectivity index (χ0v) is 11.1. The maximum absolute atomic E-state index is 13.5. The molecule has 1 aromatic heterocycles. The predicted octanol–water partition coefficient (Wildman–Crippen LogP) is 2.97. The van der Waals surface area contributed by atoms with Crippen LogP contribution in [0.15, 0.2) is 28.9 Å². The van der Waals surface area contributed by atoms with Crippen LogP contribution in [0.2, 0.25) is 0 Å². The second-order valence-corrected chi connectivity index (χ2v) is 4.51. The second kappa shape index (κ2) is 5.41. The van der Waals surface area contributed by atoms with Crippen LogP contribution in [0.4, 0.5) is 4.39 Å². The molecule has 2 aromatic rings. The minimum Gasteiger partial charge on any atom is -0.421 e. The van der Waals surface area contributed by atoms with Crippen molar-refractivity contribution in [2.75, 3.05) is 0 Å². The molecule has 0 fully saturated rings. The Balaban J connectivity index is 2.26. The van der Waals surface area contributed by atoms with Gasteiger partial charge in [-0.3, -0.25) is 0 Å². The predicted molar refractivity (Wildman–Crippen MR) is 66.9 cm³/mol. The van der Waals surface area contributed by atoms with Crippen LogP contribution >= 0.6 is 15.9 Å². The molecule has 0 radical (unpaired) electrons. The highest BCUT2D eigenvalue weighted by molar-refractivity contribution is 9.10.